The van der Waals surface area contributed by atoms with Crippen LogP contribution >= 0.6 is 11.3 Å². The lowest BCUT2D eigenvalue weighted by Gasteiger charge is -2.01. The van der Waals surface area contributed by atoms with Gasteiger partial charge in [0.15, 0.2) is 5.76 Å². The van der Waals surface area contributed by atoms with Crippen molar-refractivity contribution < 1.29 is 8.91 Å². The minimum Gasteiger partial charge on any atom is -0.356 e. The highest BCUT2D eigenvalue weighted by atomic mass is 32.1. The minimum absolute atomic E-state index is 0.193. The largest absolute Gasteiger partial charge is 0.356 e. The van der Waals surface area contributed by atoms with Crippen LogP contribution in [0.25, 0.3) is 22.6 Å². The molecule has 2 aromatic carbocycles. The molecule has 0 spiro atoms. The Balaban J connectivity index is 1.61. The summed E-state index contributed by atoms with van der Waals surface area (Å²) in [7, 11) is 0. The van der Waals surface area contributed by atoms with Gasteiger partial charge in [0.1, 0.15) is 5.82 Å². The third-order valence-corrected chi connectivity index (χ3v) is 4.77. The van der Waals surface area contributed by atoms with Gasteiger partial charge in [0, 0.05) is 29.0 Å². The summed E-state index contributed by atoms with van der Waals surface area (Å²) in [6.45, 7) is 1.90. The van der Waals surface area contributed by atoms with Gasteiger partial charge in [-0.3, -0.25) is 0 Å². The number of aromatic nitrogens is 2. The Kier molecular flexibility index (Phi) is 4.15. The van der Waals surface area contributed by atoms with Crippen molar-refractivity contribution in [2.75, 3.05) is 0 Å². The third-order valence-electron chi connectivity index (χ3n) is 3.92. The Morgan fingerprint density at radius 2 is 1.88 bits per heavy atom. The topological polar surface area (TPSA) is 38.9 Å². The van der Waals surface area contributed by atoms with E-state index in [1.165, 1.54) is 6.07 Å². The average Bonchev–Trinajstić information content (AvgIpc) is 3.26. The first-order valence-corrected chi connectivity index (χ1v) is 8.79. The van der Waals surface area contributed by atoms with Crippen molar-refractivity contribution >= 4 is 11.3 Å². The molecule has 2 heterocycles. The number of nitrogens with zero attached hydrogens (tertiary/aromatic N) is 2. The van der Waals surface area contributed by atoms with Crippen molar-refractivity contribution in [3.8, 4) is 22.6 Å². The summed E-state index contributed by atoms with van der Waals surface area (Å²) in [5.41, 5.74) is 4.36. The zero-order valence-electron chi connectivity index (χ0n) is 13.6. The summed E-state index contributed by atoms with van der Waals surface area (Å²) in [6, 6.07) is 16.7. The first-order valence-electron chi connectivity index (χ1n) is 7.91. The van der Waals surface area contributed by atoms with Crippen LogP contribution in [0, 0.1) is 12.7 Å². The van der Waals surface area contributed by atoms with Gasteiger partial charge in [-0.05, 0) is 24.6 Å². The Labute approximate surface area is 148 Å². The van der Waals surface area contributed by atoms with Crippen LogP contribution in [0.2, 0.25) is 0 Å². The molecular weight excluding hydrogens is 335 g/mol. The molecule has 0 bridgehead atoms. The van der Waals surface area contributed by atoms with Gasteiger partial charge in [0.2, 0.25) is 0 Å². The van der Waals surface area contributed by atoms with Gasteiger partial charge < -0.3 is 4.52 Å². The molecule has 5 heteroatoms. The zero-order chi connectivity index (χ0) is 17.2. The monoisotopic (exact) mass is 350 g/mol. The van der Waals surface area contributed by atoms with Crippen LogP contribution in [-0.4, -0.2) is 10.1 Å². The highest BCUT2D eigenvalue weighted by Gasteiger charge is 2.10. The van der Waals surface area contributed by atoms with Gasteiger partial charge in [-0.1, -0.05) is 41.6 Å². The van der Waals surface area contributed by atoms with Gasteiger partial charge in [-0.2, -0.15) is 0 Å². The SMILES string of the molecule is Cc1cc(-c2cccc(-c3csc(Cc4ccccc4F)n3)c2)on1. The Morgan fingerprint density at radius 1 is 1.04 bits per heavy atom. The molecule has 25 heavy (non-hydrogen) atoms. The molecule has 0 radical (unpaired) electrons. The van der Waals surface area contributed by atoms with E-state index in [0.717, 1.165) is 33.3 Å². The molecule has 0 saturated heterocycles. The van der Waals surface area contributed by atoms with Crippen LogP contribution in [0.1, 0.15) is 16.3 Å². The van der Waals surface area contributed by atoms with Crippen LogP contribution in [0.5, 0.6) is 0 Å². The third kappa shape index (κ3) is 3.37. The second-order valence-electron chi connectivity index (χ2n) is 5.81. The Morgan fingerprint density at radius 3 is 2.68 bits per heavy atom. The fourth-order valence-corrected chi connectivity index (χ4v) is 3.49. The molecule has 0 aliphatic rings. The lowest BCUT2D eigenvalue weighted by molar-refractivity contribution is 0.427. The first-order chi connectivity index (χ1) is 12.2. The molecule has 124 valence electrons. The molecule has 0 unspecified atom stereocenters. The smallest absolute Gasteiger partial charge is 0.167 e. The quantitative estimate of drug-likeness (QED) is 0.487. The van der Waals surface area contributed by atoms with Gasteiger partial charge >= 0.3 is 0 Å². The lowest BCUT2D eigenvalue weighted by atomic mass is 10.1. The number of aryl methyl sites for hydroxylation is 1. The van der Waals surface area contributed by atoms with Crippen molar-refractivity contribution in [2.45, 2.75) is 13.3 Å². The second kappa shape index (κ2) is 6.61. The average molecular weight is 350 g/mol. The Hall–Kier alpha value is -2.79. The van der Waals surface area contributed by atoms with Gasteiger partial charge in [0.05, 0.1) is 16.4 Å². The maximum Gasteiger partial charge on any atom is 0.167 e. The summed E-state index contributed by atoms with van der Waals surface area (Å²) in [5, 5.41) is 6.82. The van der Waals surface area contributed by atoms with E-state index in [0.29, 0.717) is 12.0 Å². The molecule has 2 aromatic heterocycles. The molecular formula is C20H15FN2OS. The van der Waals surface area contributed by atoms with Crippen molar-refractivity contribution in [1.82, 2.24) is 10.1 Å². The van der Waals surface area contributed by atoms with E-state index in [2.05, 4.69) is 10.1 Å². The fraction of sp³-hybridized carbons (Fsp3) is 0.100. The van der Waals surface area contributed by atoms with Crippen LogP contribution in [-0.2, 0) is 6.42 Å². The molecule has 0 N–H and O–H groups in total. The van der Waals surface area contributed by atoms with E-state index in [1.54, 1.807) is 23.5 Å². The number of hydrogen-bond acceptors (Lipinski definition) is 4. The van der Waals surface area contributed by atoms with E-state index in [4.69, 9.17) is 4.52 Å². The maximum atomic E-state index is 13.8. The predicted octanol–water partition coefficient (Wildman–Crippen LogP) is 5.50. The first kappa shape index (κ1) is 15.7. The number of thiazole rings is 1. The molecule has 0 saturated carbocycles. The second-order valence-corrected chi connectivity index (χ2v) is 6.75. The van der Waals surface area contributed by atoms with Crippen LogP contribution < -0.4 is 0 Å². The van der Waals surface area contributed by atoms with Crippen molar-refractivity contribution in [3.05, 3.63) is 82.1 Å². The van der Waals surface area contributed by atoms with Crippen LogP contribution in [0.15, 0.2) is 64.5 Å². The number of rotatable bonds is 4. The lowest BCUT2D eigenvalue weighted by Crippen LogP contribution is -1.91. The number of benzene rings is 2. The summed E-state index contributed by atoms with van der Waals surface area (Å²) >= 11 is 1.54. The van der Waals surface area contributed by atoms with E-state index < -0.39 is 0 Å². The fourth-order valence-electron chi connectivity index (χ4n) is 2.66. The zero-order valence-corrected chi connectivity index (χ0v) is 14.4. The molecule has 3 nitrogen and oxygen atoms in total. The molecule has 0 aliphatic carbocycles. The highest BCUT2D eigenvalue weighted by molar-refractivity contribution is 7.10. The molecule has 4 rings (SSSR count). The molecule has 0 aliphatic heterocycles. The summed E-state index contributed by atoms with van der Waals surface area (Å²) in [5.74, 6) is 0.545. The minimum atomic E-state index is -0.193. The van der Waals surface area contributed by atoms with Crippen LogP contribution in [0.4, 0.5) is 4.39 Å². The number of hydrogen-bond donors (Lipinski definition) is 0. The Bertz CT molecular complexity index is 1020. The summed E-state index contributed by atoms with van der Waals surface area (Å²) in [4.78, 5) is 4.66. The molecule has 0 amide bonds. The van der Waals surface area contributed by atoms with Crippen molar-refractivity contribution in [2.24, 2.45) is 0 Å². The standard InChI is InChI=1S/C20H15FN2OS/c1-13-9-19(24-23-13)16-7-4-6-15(10-16)18-12-25-20(22-18)11-14-5-2-3-8-17(14)21/h2-10,12H,11H2,1H3. The van der Waals surface area contributed by atoms with Crippen molar-refractivity contribution in [1.29, 1.82) is 0 Å². The van der Waals surface area contributed by atoms with E-state index in [-0.39, 0.29) is 5.82 Å². The van der Waals surface area contributed by atoms with E-state index >= 15 is 0 Å². The molecule has 4 aromatic rings. The van der Waals surface area contributed by atoms with Gasteiger partial charge in [-0.25, -0.2) is 9.37 Å². The van der Waals surface area contributed by atoms with E-state index in [9.17, 15) is 4.39 Å². The highest BCUT2D eigenvalue weighted by Crippen LogP contribution is 2.28. The van der Waals surface area contributed by atoms with Gasteiger partial charge in [0.25, 0.3) is 0 Å². The van der Waals surface area contributed by atoms with Gasteiger partial charge in [-0.15, -0.1) is 11.3 Å². The van der Waals surface area contributed by atoms with Crippen molar-refractivity contribution in [3.63, 3.8) is 0 Å². The predicted molar refractivity (Wildman–Crippen MR) is 97.0 cm³/mol. The number of halogens is 1. The summed E-state index contributed by atoms with van der Waals surface area (Å²) in [6.07, 6.45) is 0.498. The van der Waals surface area contributed by atoms with Crippen LogP contribution in [0.3, 0.4) is 0 Å². The maximum absolute atomic E-state index is 13.8. The molecule has 0 atom stereocenters. The summed E-state index contributed by atoms with van der Waals surface area (Å²) < 4.78 is 19.1. The van der Waals surface area contributed by atoms with E-state index in [1.807, 2.05) is 48.7 Å². The normalized spacial score (nSPS) is 11.0. The molecule has 0 fully saturated rings.